The van der Waals surface area contributed by atoms with Crippen LogP contribution >= 0.6 is 15.9 Å². The van der Waals surface area contributed by atoms with Gasteiger partial charge in [-0.25, -0.2) is 4.79 Å². The summed E-state index contributed by atoms with van der Waals surface area (Å²) in [7, 11) is 0. The van der Waals surface area contributed by atoms with Crippen molar-refractivity contribution in [2.75, 3.05) is 0 Å². The lowest BCUT2D eigenvalue weighted by Crippen LogP contribution is -2.30. The Hall–Kier alpha value is -1.95. The molecule has 1 aromatic carbocycles. The number of carbonyl (C=O) groups is 1. The highest BCUT2D eigenvalue weighted by Gasteiger charge is 2.07. The molecule has 0 saturated carbocycles. The highest BCUT2D eigenvalue weighted by molar-refractivity contribution is 9.10. The number of H-pyrrole nitrogens is 1. The van der Waals surface area contributed by atoms with Gasteiger partial charge in [-0.05, 0) is 15.9 Å². The third-order valence-corrected chi connectivity index (χ3v) is 3.21. The zero-order valence-corrected chi connectivity index (χ0v) is 11.5. The Morgan fingerprint density at radius 3 is 2.58 bits per heavy atom. The van der Waals surface area contributed by atoms with Gasteiger partial charge in [0.2, 0.25) is 0 Å². The number of nitrogens with zero attached hydrogens (tertiary/aromatic N) is 1. The van der Waals surface area contributed by atoms with Crippen molar-refractivity contribution in [3.63, 3.8) is 0 Å². The second-order valence-corrected chi connectivity index (χ2v) is 4.82. The number of ketones is 1. The Morgan fingerprint density at radius 1 is 1.21 bits per heavy atom. The second-order valence-electron chi connectivity index (χ2n) is 3.97. The first-order valence-electron chi connectivity index (χ1n) is 5.65. The zero-order chi connectivity index (χ0) is 13.8. The van der Waals surface area contributed by atoms with E-state index in [0.717, 1.165) is 0 Å². The third kappa shape index (κ3) is 3.29. The molecule has 0 saturated heterocycles. The molecule has 0 aliphatic rings. The maximum absolute atomic E-state index is 11.9. The fourth-order valence-electron chi connectivity index (χ4n) is 1.64. The molecule has 98 valence electrons. The lowest BCUT2D eigenvalue weighted by atomic mass is 10.1. The molecule has 0 fully saturated rings. The smallest absolute Gasteiger partial charge is 0.299 e. The lowest BCUT2D eigenvalue weighted by molar-refractivity contribution is 0.0976. The van der Waals surface area contributed by atoms with Gasteiger partial charge in [0.25, 0.3) is 5.56 Å². The van der Waals surface area contributed by atoms with Gasteiger partial charge in [0.1, 0.15) is 0 Å². The molecule has 0 aliphatic heterocycles. The summed E-state index contributed by atoms with van der Waals surface area (Å²) in [6, 6.07) is 8.87. The first-order valence-corrected chi connectivity index (χ1v) is 6.45. The van der Waals surface area contributed by atoms with Crippen LogP contribution in [0.1, 0.15) is 16.8 Å². The minimum atomic E-state index is -0.519. The van der Waals surface area contributed by atoms with E-state index in [1.54, 1.807) is 24.3 Å². The predicted molar refractivity (Wildman–Crippen MR) is 74.4 cm³/mol. The van der Waals surface area contributed by atoms with E-state index in [9.17, 15) is 14.4 Å². The summed E-state index contributed by atoms with van der Waals surface area (Å²) in [5.74, 6) is -0.0465. The molecule has 1 aromatic heterocycles. The van der Waals surface area contributed by atoms with Gasteiger partial charge in [-0.2, -0.15) is 0 Å². The van der Waals surface area contributed by atoms with E-state index in [1.165, 1.54) is 10.8 Å². The van der Waals surface area contributed by atoms with Crippen molar-refractivity contribution in [3.05, 3.63) is 67.4 Å². The van der Waals surface area contributed by atoms with Crippen LogP contribution in [0.25, 0.3) is 0 Å². The van der Waals surface area contributed by atoms with Crippen molar-refractivity contribution in [1.29, 1.82) is 0 Å². The first-order chi connectivity index (χ1) is 9.08. The maximum Gasteiger partial charge on any atom is 0.328 e. The van der Waals surface area contributed by atoms with E-state index in [2.05, 4.69) is 20.9 Å². The highest BCUT2D eigenvalue weighted by atomic mass is 79.9. The molecule has 0 radical (unpaired) electrons. The van der Waals surface area contributed by atoms with Crippen LogP contribution in [-0.4, -0.2) is 15.3 Å². The van der Waals surface area contributed by atoms with Gasteiger partial charge in [-0.15, -0.1) is 0 Å². The van der Waals surface area contributed by atoms with E-state index in [-0.39, 0.29) is 23.2 Å². The normalized spacial score (nSPS) is 10.4. The molecule has 0 atom stereocenters. The molecule has 1 N–H and O–H groups in total. The number of rotatable bonds is 4. The predicted octanol–water partition coefficient (Wildman–Crippen LogP) is 1.57. The Labute approximate surface area is 117 Å². The Kier molecular flexibility index (Phi) is 4.11. The number of hydrogen-bond acceptors (Lipinski definition) is 3. The Bertz CT molecular complexity index is 704. The SMILES string of the molecule is O=C(CCn1cc(Br)c(=O)[nH]c1=O)c1ccccc1. The lowest BCUT2D eigenvalue weighted by Gasteiger charge is -2.05. The number of hydrogen-bond donors (Lipinski definition) is 1. The van der Waals surface area contributed by atoms with E-state index < -0.39 is 11.2 Å². The van der Waals surface area contributed by atoms with Crippen molar-refractivity contribution in [1.82, 2.24) is 9.55 Å². The van der Waals surface area contributed by atoms with Crippen molar-refractivity contribution in [2.24, 2.45) is 0 Å². The summed E-state index contributed by atoms with van der Waals surface area (Å²) in [5.41, 5.74) is -0.385. The van der Waals surface area contributed by atoms with Gasteiger partial charge in [-0.3, -0.25) is 19.1 Å². The summed E-state index contributed by atoms with van der Waals surface area (Å²) in [4.78, 5) is 36.7. The monoisotopic (exact) mass is 322 g/mol. The Morgan fingerprint density at radius 2 is 1.89 bits per heavy atom. The van der Waals surface area contributed by atoms with Crippen molar-refractivity contribution >= 4 is 21.7 Å². The van der Waals surface area contributed by atoms with Crippen LogP contribution in [0.5, 0.6) is 0 Å². The number of nitrogens with one attached hydrogen (secondary N) is 1. The molecule has 19 heavy (non-hydrogen) atoms. The number of benzene rings is 1. The molecule has 0 amide bonds. The average Bonchev–Trinajstić information content (AvgIpc) is 2.42. The van der Waals surface area contributed by atoms with Gasteiger partial charge < -0.3 is 0 Å². The van der Waals surface area contributed by atoms with Gasteiger partial charge in [-0.1, -0.05) is 30.3 Å². The van der Waals surface area contributed by atoms with Crippen LogP contribution in [0, 0.1) is 0 Å². The van der Waals surface area contributed by atoms with E-state index in [0.29, 0.717) is 5.56 Å². The van der Waals surface area contributed by atoms with Crippen LogP contribution in [0.2, 0.25) is 0 Å². The molecule has 6 heteroatoms. The standard InChI is InChI=1S/C13H11BrN2O3/c14-10-8-16(13(19)15-12(10)18)7-6-11(17)9-4-2-1-3-5-9/h1-5,8H,6-7H2,(H,15,18,19). The fourth-order valence-corrected chi connectivity index (χ4v) is 1.99. The molecule has 0 unspecified atom stereocenters. The van der Waals surface area contributed by atoms with Crippen LogP contribution in [0.4, 0.5) is 0 Å². The van der Waals surface area contributed by atoms with E-state index >= 15 is 0 Å². The highest BCUT2D eigenvalue weighted by Crippen LogP contribution is 2.04. The topological polar surface area (TPSA) is 71.9 Å². The van der Waals surface area contributed by atoms with Gasteiger partial charge in [0, 0.05) is 24.7 Å². The zero-order valence-electron chi connectivity index (χ0n) is 9.93. The van der Waals surface area contributed by atoms with Gasteiger partial charge in [0.15, 0.2) is 5.78 Å². The fraction of sp³-hybridized carbons (Fsp3) is 0.154. The summed E-state index contributed by atoms with van der Waals surface area (Å²) < 4.78 is 1.56. The minimum absolute atomic E-state index is 0.0465. The molecule has 2 rings (SSSR count). The molecule has 2 aromatic rings. The Balaban J connectivity index is 2.12. The number of Topliss-reactive ketones (excluding diaryl/α,β-unsaturated/α-hetero) is 1. The maximum atomic E-state index is 11.9. The van der Waals surface area contributed by atoms with Crippen molar-refractivity contribution in [2.45, 2.75) is 13.0 Å². The van der Waals surface area contributed by atoms with Crippen molar-refractivity contribution in [3.8, 4) is 0 Å². The quantitative estimate of drug-likeness (QED) is 0.868. The summed E-state index contributed by atoms with van der Waals surface area (Å²) in [6.45, 7) is 0.224. The van der Waals surface area contributed by atoms with E-state index in [1.807, 2.05) is 6.07 Å². The molecule has 1 heterocycles. The summed E-state index contributed by atoms with van der Waals surface area (Å²) in [6.07, 6.45) is 1.59. The third-order valence-electron chi connectivity index (χ3n) is 2.64. The average molecular weight is 323 g/mol. The minimum Gasteiger partial charge on any atom is -0.299 e. The van der Waals surface area contributed by atoms with Crippen LogP contribution in [0.15, 0.2) is 50.6 Å². The van der Waals surface area contributed by atoms with Crippen molar-refractivity contribution < 1.29 is 4.79 Å². The van der Waals surface area contributed by atoms with Crippen LogP contribution in [-0.2, 0) is 6.54 Å². The van der Waals surface area contributed by atoms with Gasteiger partial charge >= 0.3 is 5.69 Å². The van der Waals surface area contributed by atoms with E-state index in [4.69, 9.17) is 0 Å². The molecule has 0 bridgehead atoms. The second kappa shape index (κ2) is 5.79. The number of aromatic amines is 1. The van der Waals surface area contributed by atoms with Gasteiger partial charge in [0.05, 0.1) is 4.47 Å². The number of aromatic nitrogens is 2. The van der Waals surface area contributed by atoms with Crippen LogP contribution in [0.3, 0.4) is 0 Å². The molecule has 0 spiro atoms. The number of carbonyl (C=O) groups excluding carboxylic acids is 1. The number of halogens is 1. The summed E-state index contributed by atoms with van der Waals surface area (Å²) >= 11 is 3.04. The summed E-state index contributed by atoms with van der Waals surface area (Å²) in [5, 5.41) is 0. The molecular weight excluding hydrogens is 312 g/mol. The number of aryl methyl sites for hydroxylation is 1. The molecular formula is C13H11BrN2O3. The largest absolute Gasteiger partial charge is 0.328 e. The first kappa shape index (κ1) is 13.5. The molecule has 5 nitrogen and oxygen atoms in total. The van der Waals surface area contributed by atoms with Crippen LogP contribution < -0.4 is 11.2 Å². The molecule has 0 aliphatic carbocycles.